The standard InChI is InChI=1S/C10H10BrFO3/c1-10(12,5-13)6-3-9(15-2)8(14)4-7(6)11/h3-5,14H,1-2H3. The molecule has 0 aliphatic carbocycles. The first-order valence-corrected chi connectivity index (χ1v) is 4.94. The lowest BCUT2D eigenvalue weighted by Gasteiger charge is -2.16. The van der Waals surface area contributed by atoms with Crippen molar-refractivity contribution in [1.82, 2.24) is 0 Å². The number of benzene rings is 1. The molecule has 15 heavy (non-hydrogen) atoms. The van der Waals surface area contributed by atoms with Crippen LogP contribution < -0.4 is 4.74 Å². The van der Waals surface area contributed by atoms with E-state index in [2.05, 4.69) is 15.9 Å². The van der Waals surface area contributed by atoms with Crippen LogP contribution in [0.4, 0.5) is 4.39 Å². The Bertz CT molecular complexity index is 390. The van der Waals surface area contributed by atoms with E-state index in [0.29, 0.717) is 4.47 Å². The lowest BCUT2D eigenvalue weighted by molar-refractivity contribution is -0.117. The SMILES string of the molecule is COc1cc(C(C)(F)C=O)c(Br)cc1O. The first-order valence-electron chi connectivity index (χ1n) is 4.14. The number of alkyl halides is 1. The van der Waals surface area contributed by atoms with Crippen molar-refractivity contribution in [2.75, 3.05) is 7.11 Å². The van der Waals surface area contributed by atoms with E-state index in [1.54, 1.807) is 0 Å². The maximum absolute atomic E-state index is 13.7. The third-order valence-corrected chi connectivity index (χ3v) is 2.67. The summed E-state index contributed by atoms with van der Waals surface area (Å²) in [6.07, 6.45) is 0.198. The normalized spacial score (nSPS) is 14.4. The van der Waals surface area contributed by atoms with Gasteiger partial charge in [0.15, 0.2) is 23.5 Å². The fraction of sp³-hybridized carbons (Fsp3) is 0.300. The molecule has 1 atom stereocenters. The van der Waals surface area contributed by atoms with Gasteiger partial charge in [0, 0.05) is 10.0 Å². The van der Waals surface area contributed by atoms with Gasteiger partial charge in [0.1, 0.15) is 0 Å². The highest BCUT2D eigenvalue weighted by Crippen LogP contribution is 2.38. The van der Waals surface area contributed by atoms with E-state index in [1.807, 2.05) is 0 Å². The van der Waals surface area contributed by atoms with E-state index in [0.717, 1.165) is 6.92 Å². The van der Waals surface area contributed by atoms with Crippen molar-refractivity contribution >= 4 is 22.2 Å². The lowest BCUT2D eigenvalue weighted by Crippen LogP contribution is -2.17. The van der Waals surface area contributed by atoms with Crippen LogP contribution in [-0.2, 0) is 10.5 Å². The summed E-state index contributed by atoms with van der Waals surface area (Å²) in [6.45, 7) is 1.14. The molecule has 1 aromatic rings. The molecular formula is C10H10BrFO3. The molecule has 0 aliphatic rings. The van der Waals surface area contributed by atoms with Gasteiger partial charge in [-0.2, -0.15) is 0 Å². The Labute approximate surface area is 95.0 Å². The number of rotatable bonds is 3. The number of aromatic hydroxyl groups is 1. The number of carbonyl (C=O) groups is 1. The fourth-order valence-electron chi connectivity index (χ4n) is 1.14. The van der Waals surface area contributed by atoms with Crippen LogP contribution >= 0.6 is 15.9 Å². The van der Waals surface area contributed by atoms with Gasteiger partial charge in [-0.25, -0.2) is 4.39 Å². The Hall–Kier alpha value is -1.10. The van der Waals surface area contributed by atoms with E-state index in [9.17, 15) is 14.3 Å². The molecule has 1 N–H and O–H groups in total. The fourth-order valence-corrected chi connectivity index (χ4v) is 1.86. The van der Waals surface area contributed by atoms with Crippen molar-refractivity contribution < 1.29 is 19.0 Å². The van der Waals surface area contributed by atoms with Gasteiger partial charge in [-0.3, -0.25) is 4.79 Å². The smallest absolute Gasteiger partial charge is 0.189 e. The number of aldehydes is 1. The minimum Gasteiger partial charge on any atom is -0.504 e. The summed E-state index contributed by atoms with van der Waals surface area (Å²) in [7, 11) is 1.35. The first kappa shape index (κ1) is 12.0. The Morgan fingerprint density at radius 1 is 1.60 bits per heavy atom. The summed E-state index contributed by atoms with van der Waals surface area (Å²) < 4.78 is 18.9. The Morgan fingerprint density at radius 2 is 2.20 bits per heavy atom. The van der Waals surface area contributed by atoms with E-state index in [1.165, 1.54) is 19.2 Å². The van der Waals surface area contributed by atoms with Gasteiger partial charge in [-0.15, -0.1) is 0 Å². The molecule has 0 bridgehead atoms. The van der Waals surface area contributed by atoms with E-state index in [4.69, 9.17) is 4.74 Å². The van der Waals surface area contributed by atoms with Crippen molar-refractivity contribution in [3.05, 3.63) is 22.2 Å². The summed E-state index contributed by atoms with van der Waals surface area (Å²) >= 11 is 3.07. The number of ether oxygens (including phenoxy) is 1. The zero-order valence-corrected chi connectivity index (χ0v) is 9.84. The Balaban J connectivity index is 3.36. The highest BCUT2D eigenvalue weighted by Gasteiger charge is 2.28. The third kappa shape index (κ3) is 2.28. The van der Waals surface area contributed by atoms with Crippen molar-refractivity contribution in [3.8, 4) is 11.5 Å². The maximum Gasteiger partial charge on any atom is 0.189 e. The molecule has 5 heteroatoms. The van der Waals surface area contributed by atoms with Crippen molar-refractivity contribution in [2.45, 2.75) is 12.6 Å². The highest BCUT2D eigenvalue weighted by atomic mass is 79.9. The summed E-state index contributed by atoms with van der Waals surface area (Å²) in [6, 6.07) is 2.57. The van der Waals surface area contributed by atoms with E-state index < -0.39 is 5.67 Å². The molecule has 1 aromatic carbocycles. The zero-order valence-electron chi connectivity index (χ0n) is 8.25. The second kappa shape index (κ2) is 4.18. The van der Waals surface area contributed by atoms with Crippen molar-refractivity contribution in [2.24, 2.45) is 0 Å². The second-order valence-electron chi connectivity index (χ2n) is 3.20. The van der Waals surface area contributed by atoms with Crippen LogP contribution in [0.1, 0.15) is 12.5 Å². The molecule has 82 valence electrons. The van der Waals surface area contributed by atoms with Crippen LogP contribution in [0.25, 0.3) is 0 Å². The molecule has 0 heterocycles. The zero-order chi connectivity index (χ0) is 11.6. The highest BCUT2D eigenvalue weighted by molar-refractivity contribution is 9.10. The molecular weight excluding hydrogens is 267 g/mol. The summed E-state index contributed by atoms with van der Waals surface area (Å²) in [5.41, 5.74) is -1.99. The number of carbonyl (C=O) groups excluding carboxylic acids is 1. The average Bonchev–Trinajstić information content (AvgIpc) is 2.17. The van der Waals surface area contributed by atoms with Crippen LogP contribution in [0.3, 0.4) is 0 Å². The summed E-state index contributed by atoms with van der Waals surface area (Å²) in [4.78, 5) is 10.6. The number of hydrogen-bond acceptors (Lipinski definition) is 3. The number of methoxy groups -OCH3 is 1. The van der Waals surface area contributed by atoms with E-state index >= 15 is 0 Å². The quantitative estimate of drug-likeness (QED) is 0.864. The summed E-state index contributed by atoms with van der Waals surface area (Å²) in [5, 5.41) is 9.39. The van der Waals surface area contributed by atoms with Gasteiger partial charge < -0.3 is 9.84 Å². The molecule has 0 saturated carbocycles. The molecule has 0 aliphatic heterocycles. The molecule has 0 spiro atoms. The molecule has 0 amide bonds. The minimum absolute atomic E-state index is 0.116. The van der Waals surface area contributed by atoms with Gasteiger partial charge in [0.25, 0.3) is 0 Å². The van der Waals surface area contributed by atoms with Gasteiger partial charge in [0.05, 0.1) is 7.11 Å². The number of phenolic OH excluding ortho intramolecular Hbond substituents is 1. The van der Waals surface area contributed by atoms with Gasteiger partial charge in [0.2, 0.25) is 0 Å². The van der Waals surface area contributed by atoms with Crippen LogP contribution in [0.2, 0.25) is 0 Å². The van der Waals surface area contributed by atoms with Gasteiger partial charge in [-0.1, -0.05) is 15.9 Å². The monoisotopic (exact) mass is 276 g/mol. The Morgan fingerprint density at radius 3 is 2.67 bits per heavy atom. The molecule has 1 rings (SSSR count). The van der Waals surface area contributed by atoms with Crippen LogP contribution in [0, 0.1) is 0 Å². The first-order chi connectivity index (χ1) is 6.92. The lowest BCUT2D eigenvalue weighted by atomic mass is 9.99. The molecule has 1 unspecified atom stereocenters. The van der Waals surface area contributed by atoms with Crippen LogP contribution in [0.5, 0.6) is 11.5 Å². The number of phenols is 1. The Kier molecular flexibility index (Phi) is 3.34. The number of halogens is 2. The minimum atomic E-state index is -2.11. The van der Waals surface area contributed by atoms with Crippen LogP contribution in [0.15, 0.2) is 16.6 Å². The molecule has 0 aromatic heterocycles. The van der Waals surface area contributed by atoms with Crippen LogP contribution in [-0.4, -0.2) is 18.5 Å². The van der Waals surface area contributed by atoms with E-state index in [-0.39, 0.29) is 23.3 Å². The molecule has 3 nitrogen and oxygen atoms in total. The topological polar surface area (TPSA) is 46.5 Å². The summed E-state index contributed by atoms with van der Waals surface area (Å²) in [5.74, 6) is 0.00810. The average molecular weight is 277 g/mol. The van der Waals surface area contributed by atoms with Gasteiger partial charge >= 0.3 is 0 Å². The molecule has 0 radical (unpaired) electrons. The predicted octanol–water partition coefficient (Wildman–Crippen LogP) is 2.55. The van der Waals surface area contributed by atoms with Crippen molar-refractivity contribution in [1.29, 1.82) is 0 Å². The number of hydrogen-bond donors (Lipinski definition) is 1. The third-order valence-electron chi connectivity index (χ3n) is 2.02. The van der Waals surface area contributed by atoms with Gasteiger partial charge in [-0.05, 0) is 19.1 Å². The molecule has 0 saturated heterocycles. The second-order valence-corrected chi connectivity index (χ2v) is 4.05. The predicted molar refractivity (Wildman–Crippen MR) is 56.9 cm³/mol. The largest absolute Gasteiger partial charge is 0.504 e. The maximum atomic E-state index is 13.7. The van der Waals surface area contributed by atoms with Crippen molar-refractivity contribution in [3.63, 3.8) is 0 Å². The molecule has 0 fully saturated rings.